The van der Waals surface area contributed by atoms with E-state index in [4.69, 9.17) is 4.74 Å². The van der Waals surface area contributed by atoms with E-state index in [-0.39, 0.29) is 6.10 Å². The van der Waals surface area contributed by atoms with Crippen LogP contribution in [0, 0.1) is 0 Å². The van der Waals surface area contributed by atoms with Gasteiger partial charge in [0.05, 0.1) is 11.5 Å². The van der Waals surface area contributed by atoms with Gasteiger partial charge in [-0.15, -0.1) is 11.8 Å². The standard InChI is InChI=1S/C13H19NOS/c1-9(2)15-12-6-4-5-11(7-12)13-14-8-10(3)16-13/h4-7,9-10,13-14H,8H2,1-3H3. The molecular formula is C13H19NOS. The van der Waals surface area contributed by atoms with Crippen LogP contribution < -0.4 is 10.1 Å². The number of benzene rings is 1. The Morgan fingerprint density at radius 1 is 1.44 bits per heavy atom. The first kappa shape index (κ1) is 11.8. The minimum absolute atomic E-state index is 0.235. The molecular weight excluding hydrogens is 218 g/mol. The van der Waals surface area contributed by atoms with Crippen molar-refractivity contribution in [2.24, 2.45) is 0 Å². The number of rotatable bonds is 3. The fourth-order valence-electron chi connectivity index (χ4n) is 1.82. The molecule has 2 atom stereocenters. The molecule has 0 bridgehead atoms. The van der Waals surface area contributed by atoms with Crippen molar-refractivity contribution >= 4 is 11.8 Å². The van der Waals surface area contributed by atoms with Gasteiger partial charge in [-0.25, -0.2) is 0 Å². The van der Waals surface area contributed by atoms with E-state index < -0.39 is 0 Å². The van der Waals surface area contributed by atoms with Gasteiger partial charge in [-0.05, 0) is 31.5 Å². The van der Waals surface area contributed by atoms with Crippen LogP contribution >= 0.6 is 11.8 Å². The highest BCUT2D eigenvalue weighted by Crippen LogP contribution is 2.35. The molecule has 1 aliphatic heterocycles. The fraction of sp³-hybridized carbons (Fsp3) is 0.538. The Labute approximate surface area is 102 Å². The van der Waals surface area contributed by atoms with E-state index >= 15 is 0 Å². The molecule has 2 unspecified atom stereocenters. The first-order valence-corrected chi connectivity index (χ1v) is 6.75. The predicted molar refractivity (Wildman–Crippen MR) is 70.0 cm³/mol. The Morgan fingerprint density at radius 2 is 2.25 bits per heavy atom. The van der Waals surface area contributed by atoms with Crippen LogP contribution in [0.2, 0.25) is 0 Å². The van der Waals surface area contributed by atoms with E-state index in [9.17, 15) is 0 Å². The highest BCUT2D eigenvalue weighted by Gasteiger charge is 2.22. The molecule has 0 radical (unpaired) electrons. The molecule has 3 heteroatoms. The Balaban J connectivity index is 2.09. The summed E-state index contributed by atoms with van der Waals surface area (Å²) in [6, 6.07) is 8.39. The average molecular weight is 237 g/mol. The van der Waals surface area contributed by atoms with Crippen molar-refractivity contribution in [3.8, 4) is 5.75 Å². The van der Waals surface area contributed by atoms with Gasteiger partial charge < -0.3 is 10.1 Å². The molecule has 0 amide bonds. The average Bonchev–Trinajstić information content (AvgIpc) is 2.64. The molecule has 1 N–H and O–H groups in total. The van der Waals surface area contributed by atoms with Crippen LogP contribution in [0.5, 0.6) is 5.75 Å². The molecule has 16 heavy (non-hydrogen) atoms. The summed E-state index contributed by atoms with van der Waals surface area (Å²) in [5, 5.41) is 4.63. The van der Waals surface area contributed by atoms with E-state index in [1.807, 2.05) is 17.8 Å². The SMILES string of the molecule is CC(C)Oc1cccc(C2NCC(C)S2)c1. The summed E-state index contributed by atoms with van der Waals surface area (Å²) in [6.45, 7) is 7.45. The van der Waals surface area contributed by atoms with Crippen molar-refractivity contribution in [2.45, 2.75) is 37.5 Å². The van der Waals surface area contributed by atoms with Crippen molar-refractivity contribution in [3.05, 3.63) is 29.8 Å². The number of thioether (sulfide) groups is 1. The van der Waals surface area contributed by atoms with Crippen molar-refractivity contribution in [1.82, 2.24) is 5.32 Å². The van der Waals surface area contributed by atoms with Gasteiger partial charge in [0.15, 0.2) is 0 Å². The maximum atomic E-state index is 5.70. The quantitative estimate of drug-likeness (QED) is 0.872. The Bertz CT molecular complexity index is 354. The number of nitrogens with one attached hydrogen (secondary N) is 1. The summed E-state index contributed by atoms with van der Waals surface area (Å²) < 4.78 is 5.70. The van der Waals surface area contributed by atoms with Gasteiger partial charge in [0.25, 0.3) is 0 Å². The molecule has 1 aromatic carbocycles. The Kier molecular flexibility index (Phi) is 3.77. The van der Waals surface area contributed by atoms with E-state index in [2.05, 4.69) is 44.3 Å². The van der Waals surface area contributed by atoms with Gasteiger partial charge in [0.1, 0.15) is 5.75 Å². The zero-order chi connectivity index (χ0) is 11.5. The van der Waals surface area contributed by atoms with Crippen LogP contribution in [-0.4, -0.2) is 17.9 Å². The topological polar surface area (TPSA) is 21.3 Å². The second-order valence-corrected chi connectivity index (χ2v) is 6.02. The molecule has 0 saturated carbocycles. The largest absolute Gasteiger partial charge is 0.491 e. The molecule has 88 valence electrons. The molecule has 2 rings (SSSR count). The van der Waals surface area contributed by atoms with Crippen molar-refractivity contribution in [2.75, 3.05) is 6.54 Å². The predicted octanol–water partition coefficient (Wildman–Crippen LogP) is 3.20. The van der Waals surface area contributed by atoms with Crippen molar-refractivity contribution < 1.29 is 4.74 Å². The van der Waals surface area contributed by atoms with Crippen LogP contribution in [0.4, 0.5) is 0 Å². The number of hydrogen-bond acceptors (Lipinski definition) is 3. The third-order valence-electron chi connectivity index (χ3n) is 2.49. The molecule has 2 nitrogen and oxygen atoms in total. The molecule has 1 heterocycles. The van der Waals surface area contributed by atoms with Crippen molar-refractivity contribution in [1.29, 1.82) is 0 Å². The Hall–Kier alpha value is -0.670. The van der Waals surface area contributed by atoms with E-state index in [0.29, 0.717) is 10.6 Å². The van der Waals surface area contributed by atoms with Gasteiger partial charge in [0, 0.05) is 11.8 Å². The summed E-state index contributed by atoms with van der Waals surface area (Å²) in [5.74, 6) is 0.967. The van der Waals surface area contributed by atoms with Gasteiger partial charge >= 0.3 is 0 Å². The lowest BCUT2D eigenvalue weighted by atomic mass is 10.2. The second-order valence-electron chi connectivity index (χ2n) is 4.47. The lowest BCUT2D eigenvalue weighted by Crippen LogP contribution is -2.14. The summed E-state index contributed by atoms with van der Waals surface area (Å²) >= 11 is 1.98. The van der Waals surface area contributed by atoms with Gasteiger partial charge in [0.2, 0.25) is 0 Å². The molecule has 0 spiro atoms. The smallest absolute Gasteiger partial charge is 0.120 e. The number of ether oxygens (including phenoxy) is 1. The first-order valence-electron chi connectivity index (χ1n) is 5.80. The molecule has 0 aliphatic carbocycles. The van der Waals surface area contributed by atoms with Crippen LogP contribution in [0.25, 0.3) is 0 Å². The minimum atomic E-state index is 0.235. The molecule has 0 aromatic heterocycles. The molecule has 1 saturated heterocycles. The van der Waals surface area contributed by atoms with Crippen molar-refractivity contribution in [3.63, 3.8) is 0 Å². The lowest BCUT2D eigenvalue weighted by Gasteiger charge is -2.14. The second kappa shape index (κ2) is 5.11. The van der Waals surface area contributed by atoms with E-state index in [1.54, 1.807) is 0 Å². The van der Waals surface area contributed by atoms with Gasteiger partial charge in [-0.1, -0.05) is 19.1 Å². The zero-order valence-corrected chi connectivity index (χ0v) is 10.9. The zero-order valence-electron chi connectivity index (χ0n) is 10.1. The van der Waals surface area contributed by atoms with E-state index in [1.165, 1.54) is 5.56 Å². The maximum absolute atomic E-state index is 5.70. The normalized spacial score (nSPS) is 25.0. The molecule has 1 fully saturated rings. The summed E-state index contributed by atoms with van der Waals surface area (Å²) in [4.78, 5) is 0. The van der Waals surface area contributed by atoms with E-state index in [0.717, 1.165) is 12.3 Å². The minimum Gasteiger partial charge on any atom is -0.491 e. The van der Waals surface area contributed by atoms with Crippen LogP contribution in [0.1, 0.15) is 31.7 Å². The molecule has 1 aromatic rings. The van der Waals surface area contributed by atoms with Crippen LogP contribution in [-0.2, 0) is 0 Å². The number of hydrogen-bond donors (Lipinski definition) is 1. The first-order chi connectivity index (χ1) is 7.65. The van der Waals surface area contributed by atoms with Gasteiger partial charge in [-0.3, -0.25) is 0 Å². The highest BCUT2D eigenvalue weighted by molar-refractivity contribution is 8.00. The summed E-state index contributed by atoms with van der Waals surface area (Å²) in [6.07, 6.45) is 0.235. The fourth-order valence-corrected chi connectivity index (χ4v) is 2.97. The monoisotopic (exact) mass is 237 g/mol. The summed E-state index contributed by atoms with van der Waals surface area (Å²) in [7, 11) is 0. The third-order valence-corrected chi connectivity index (χ3v) is 3.83. The van der Waals surface area contributed by atoms with Crippen LogP contribution in [0.15, 0.2) is 24.3 Å². The highest BCUT2D eigenvalue weighted by atomic mass is 32.2. The van der Waals surface area contributed by atoms with Gasteiger partial charge in [-0.2, -0.15) is 0 Å². The molecule has 1 aliphatic rings. The Morgan fingerprint density at radius 3 is 2.88 bits per heavy atom. The summed E-state index contributed by atoms with van der Waals surface area (Å²) in [5.41, 5.74) is 1.31. The maximum Gasteiger partial charge on any atom is 0.120 e. The lowest BCUT2D eigenvalue weighted by molar-refractivity contribution is 0.242. The third kappa shape index (κ3) is 2.92. The van der Waals surface area contributed by atoms with Crippen LogP contribution in [0.3, 0.4) is 0 Å².